The van der Waals surface area contributed by atoms with Gasteiger partial charge >= 0.3 is 0 Å². The molecule has 1 saturated heterocycles. The molecular formula is C13H16N4OS. The Morgan fingerprint density at radius 1 is 1.37 bits per heavy atom. The SMILES string of the molecule is Cn1c(SC[C@H]2CCCO2)nnc1-c1ccncc1. The summed E-state index contributed by atoms with van der Waals surface area (Å²) >= 11 is 1.71. The molecule has 0 radical (unpaired) electrons. The van der Waals surface area contributed by atoms with E-state index >= 15 is 0 Å². The summed E-state index contributed by atoms with van der Waals surface area (Å²) in [5.74, 6) is 1.82. The maximum Gasteiger partial charge on any atom is 0.191 e. The fourth-order valence-electron chi connectivity index (χ4n) is 2.14. The van der Waals surface area contributed by atoms with Crippen LogP contribution < -0.4 is 0 Å². The lowest BCUT2D eigenvalue weighted by molar-refractivity contribution is 0.129. The van der Waals surface area contributed by atoms with Crippen molar-refractivity contribution >= 4 is 11.8 Å². The van der Waals surface area contributed by atoms with Gasteiger partial charge in [0.05, 0.1) is 6.10 Å². The molecule has 19 heavy (non-hydrogen) atoms. The maximum atomic E-state index is 5.62. The molecule has 5 nitrogen and oxygen atoms in total. The van der Waals surface area contributed by atoms with Gasteiger partial charge in [-0.25, -0.2) is 0 Å². The first-order chi connectivity index (χ1) is 9.34. The Morgan fingerprint density at radius 2 is 2.21 bits per heavy atom. The van der Waals surface area contributed by atoms with Crippen LogP contribution in [-0.4, -0.2) is 38.2 Å². The lowest BCUT2D eigenvalue weighted by Crippen LogP contribution is -2.08. The van der Waals surface area contributed by atoms with Crippen molar-refractivity contribution in [2.45, 2.75) is 24.1 Å². The molecule has 2 aromatic heterocycles. The zero-order valence-electron chi connectivity index (χ0n) is 10.8. The molecule has 0 unspecified atom stereocenters. The summed E-state index contributed by atoms with van der Waals surface area (Å²) in [5, 5.41) is 9.44. The van der Waals surface area contributed by atoms with Crippen LogP contribution in [-0.2, 0) is 11.8 Å². The van der Waals surface area contributed by atoms with E-state index in [0.29, 0.717) is 6.10 Å². The van der Waals surface area contributed by atoms with Gasteiger partial charge in [-0.2, -0.15) is 0 Å². The minimum atomic E-state index is 0.367. The molecule has 2 aromatic rings. The molecule has 1 aliphatic rings. The zero-order valence-corrected chi connectivity index (χ0v) is 11.6. The van der Waals surface area contributed by atoms with Gasteiger partial charge in [-0.15, -0.1) is 10.2 Å². The van der Waals surface area contributed by atoms with E-state index in [1.54, 1.807) is 24.2 Å². The Labute approximate surface area is 116 Å². The number of ether oxygens (including phenoxy) is 1. The fraction of sp³-hybridized carbons (Fsp3) is 0.462. The van der Waals surface area contributed by atoms with Crippen molar-refractivity contribution in [1.82, 2.24) is 19.7 Å². The highest BCUT2D eigenvalue weighted by molar-refractivity contribution is 7.99. The number of nitrogens with zero attached hydrogens (tertiary/aromatic N) is 4. The summed E-state index contributed by atoms with van der Waals surface area (Å²) in [6, 6.07) is 3.89. The largest absolute Gasteiger partial charge is 0.377 e. The van der Waals surface area contributed by atoms with Gasteiger partial charge in [0, 0.05) is 37.4 Å². The fourth-order valence-corrected chi connectivity index (χ4v) is 3.11. The van der Waals surface area contributed by atoms with E-state index < -0.39 is 0 Å². The molecule has 0 spiro atoms. The molecule has 0 N–H and O–H groups in total. The Morgan fingerprint density at radius 3 is 2.95 bits per heavy atom. The molecular weight excluding hydrogens is 260 g/mol. The van der Waals surface area contributed by atoms with Crippen molar-refractivity contribution in [1.29, 1.82) is 0 Å². The summed E-state index contributed by atoms with van der Waals surface area (Å²) in [6.07, 6.45) is 6.23. The standard InChI is InChI=1S/C13H16N4OS/c1-17-12(10-4-6-14-7-5-10)15-16-13(17)19-9-11-3-2-8-18-11/h4-7,11H,2-3,8-9H2,1H3/t11-/m1/s1. The van der Waals surface area contributed by atoms with Crippen LogP contribution in [0.15, 0.2) is 29.7 Å². The molecule has 1 fully saturated rings. The first-order valence-electron chi connectivity index (χ1n) is 6.39. The Kier molecular flexibility index (Phi) is 3.79. The molecule has 100 valence electrons. The highest BCUT2D eigenvalue weighted by Crippen LogP contribution is 2.25. The number of rotatable bonds is 4. The lowest BCUT2D eigenvalue weighted by Gasteiger charge is -2.08. The van der Waals surface area contributed by atoms with Gasteiger partial charge in [-0.1, -0.05) is 11.8 Å². The highest BCUT2D eigenvalue weighted by Gasteiger charge is 2.18. The molecule has 1 aliphatic heterocycles. The van der Waals surface area contributed by atoms with Gasteiger partial charge in [0.1, 0.15) is 0 Å². The van der Waals surface area contributed by atoms with Crippen molar-refractivity contribution in [3.8, 4) is 11.4 Å². The van der Waals surface area contributed by atoms with Crippen LogP contribution in [0.2, 0.25) is 0 Å². The van der Waals surface area contributed by atoms with Crippen LogP contribution in [0.25, 0.3) is 11.4 Å². The van der Waals surface area contributed by atoms with Gasteiger partial charge in [0.15, 0.2) is 11.0 Å². The monoisotopic (exact) mass is 276 g/mol. The van der Waals surface area contributed by atoms with E-state index in [-0.39, 0.29) is 0 Å². The quantitative estimate of drug-likeness (QED) is 0.801. The molecule has 1 atom stereocenters. The summed E-state index contributed by atoms with van der Waals surface area (Å²) in [7, 11) is 1.99. The molecule has 0 aromatic carbocycles. The van der Waals surface area contributed by atoms with Crippen LogP contribution in [0.5, 0.6) is 0 Å². The highest BCUT2D eigenvalue weighted by atomic mass is 32.2. The van der Waals surface area contributed by atoms with Crippen LogP contribution in [0.3, 0.4) is 0 Å². The van der Waals surface area contributed by atoms with E-state index in [9.17, 15) is 0 Å². The molecule has 3 heterocycles. The second-order valence-electron chi connectivity index (χ2n) is 4.55. The number of hydrogen-bond acceptors (Lipinski definition) is 5. The average molecular weight is 276 g/mol. The van der Waals surface area contributed by atoms with E-state index in [1.165, 1.54) is 6.42 Å². The molecule has 0 amide bonds. The third kappa shape index (κ3) is 2.79. The van der Waals surface area contributed by atoms with Crippen molar-refractivity contribution in [3.05, 3.63) is 24.5 Å². The van der Waals surface area contributed by atoms with Gasteiger partial charge in [0.2, 0.25) is 0 Å². The molecule has 6 heteroatoms. The predicted molar refractivity (Wildman–Crippen MR) is 73.9 cm³/mol. The van der Waals surface area contributed by atoms with E-state index in [0.717, 1.165) is 35.3 Å². The van der Waals surface area contributed by atoms with Crippen LogP contribution in [0.4, 0.5) is 0 Å². The van der Waals surface area contributed by atoms with E-state index in [1.807, 2.05) is 23.7 Å². The first kappa shape index (κ1) is 12.6. The second-order valence-corrected chi connectivity index (χ2v) is 5.53. The van der Waals surface area contributed by atoms with Crippen molar-refractivity contribution < 1.29 is 4.74 Å². The van der Waals surface area contributed by atoms with Gasteiger partial charge in [0.25, 0.3) is 0 Å². The van der Waals surface area contributed by atoms with E-state index in [2.05, 4.69) is 15.2 Å². The van der Waals surface area contributed by atoms with Crippen molar-refractivity contribution in [3.63, 3.8) is 0 Å². The summed E-state index contributed by atoms with van der Waals surface area (Å²) in [4.78, 5) is 4.02. The van der Waals surface area contributed by atoms with Crippen LogP contribution >= 0.6 is 11.8 Å². The van der Waals surface area contributed by atoms with Crippen LogP contribution in [0.1, 0.15) is 12.8 Å². The Balaban J connectivity index is 1.72. The number of aromatic nitrogens is 4. The molecule has 0 saturated carbocycles. The number of pyridine rings is 1. The minimum Gasteiger partial charge on any atom is -0.377 e. The molecule has 0 aliphatic carbocycles. The average Bonchev–Trinajstić information content (AvgIpc) is 3.07. The Hall–Kier alpha value is -1.40. The molecule has 3 rings (SSSR count). The lowest BCUT2D eigenvalue weighted by atomic mass is 10.2. The third-order valence-electron chi connectivity index (χ3n) is 3.20. The van der Waals surface area contributed by atoms with Gasteiger partial charge < -0.3 is 9.30 Å². The second kappa shape index (κ2) is 5.71. The normalized spacial score (nSPS) is 18.9. The maximum absolute atomic E-state index is 5.62. The first-order valence-corrected chi connectivity index (χ1v) is 7.37. The van der Waals surface area contributed by atoms with E-state index in [4.69, 9.17) is 4.74 Å². The van der Waals surface area contributed by atoms with Crippen LogP contribution in [0, 0.1) is 0 Å². The summed E-state index contributed by atoms with van der Waals surface area (Å²) < 4.78 is 7.64. The topological polar surface area (TPSA) is 52.8 Å². The summed E-state index contributed by atoms with van der Waals surface area (Å²) in [5.41, 5.74) is 1.04. The van der Waals surface area contributed by atoms with Crippen molar-refractivity contribution in [2.24, 2.45) is 7.05 Å². The summed E-state index contributed by atoms with van der Waals surface area (Å²) in [6.45, 7) is 0.895. The van der Waals surface area contributed by atoms with Gasteiger partial charge in [-0.05, 0) is 25.0 Å². The number of hydrogen-bond donors (Lipinski definition) is 0. The van der Waals surface area contributed by atoms with Crippen molar-refractivity contribution in [2.75, 3.05) is 12.4 Å². The predicted octanol–water partition coefficient (Wildman–Crippen LogP) is 2.15. The minimum absolute atomic E-state index is 0.367. The zero-order chi connectivity index (χ0) is 13.1. The molecule has 0 bridgehead atoms. The third-order valence-corrected chi connectivity index (χ3v) is 4.35. The smallest absolute Gasteiger partial charge is 0.191 e. The number of thioether (sulfide) groups is 1. The Bertz CT molecular complexity index is 537. The van der Waals surface area contributed by atoms with Gasteiger partial charge in [-0.3, -0.25) is 4.98 Å².